The fraction of sp³-hybridized carbons (Fsp3) is 0.312. The van der Waals surface area contributed by atoms with E-state index in [1.54, 1.807) is 30.6 Å². The lowest BCUT2D eigenvalue weighted by atomic mass is 10.2. The number of rotatable bonds is 4. The summed E-state index contributed by atoms with van der Waals surface area (Å²) >= 11 is 1.31. The summed E-state index contributed by atoms with van der Waals surface area (Å²) in [5.41, 5.74) is 6.03. The van der Waals surface area contributed by atoms with Crippen molar-refractivity contribution in [1.29, 1.82) is 0 Å². The van der Waals surface area contributed by atoms with Crippen LogP contribution in [-0.2, 0) is 11.3 Å². The molecule has 1 saturated heterocycles. The molecule has 1 aromatic carbocycles. The lowest BCUT2D eigenvalue weighted by molar-refractivity contribution is -0.120. The zero-order valence-electron chi connectivity index (χ0n) is 13.5. The summed E-state index contributed by atoms with van der Waals surface area (Å²) in [6.07, 6.45) is 0.448. The van der Waals surface area contributed by atoms with Crippen molar-refractivity contribution < 1.29 is 14.0 Å². The van der Waals surface area contributed by atoms with E-state index in [1.165, 1.54) is 27.2 Å². The number of hydrogen-bond donors (Lipinski definition) is 1. The van der Waals surface area contributed by atoms with Gasteiger partial charge in [-0.25, -0.2) is 9.37 Å². The molecule has 25 heavy (non-hydrogen) atoms. The second-order valence-electron chi connectivity index (χ2n) is 5.49. The summed E-state index contributed by atoms with van der Waals surface area (Å²) in [4.78, 5) is 32.0. The topological polar surface area (TPSA) is 79.5 Å². The first-order chi connectivity index (χ1) is 11.5. The number of amides is 2. The molecule has 1 aromatic heterocycles. The first-order valence-corrected chi connectivity index (χ1v) is 8.38. The summed E-state index contributed by atoms with van der Waals surface area (Å²) in [5.74, 6) is -1.07. The molecule has 2 heterocycles. The molecular formula is C16H18ClFN4O2S. The highest BCUT2D eigenvalue weighted by molar-refractivity contribution is 7.09. The Morgan fingerprint density at radius 3 is 2.84 bits per heavy atom. The predicted octanol–water partition coefficient (Wildman–Crippen LogP) is 2.04. The molecule has 3 rings (SSSR count). The molecule has 2 amide bonds. The fourth-order valence-electron chi connectivity index (χ4n) is 2.76. The molecule has 0 spiro atoms. The number of anilines is 1. The van der Waals surface area contributed by atoms with E-state index < -0.39 is 11.9 Å². The van der Waals surface area contributed by atoms with Crippen LogP contribution in [0, 0.1) is 5.82 Å². The van der Waals surface area contributed by atoms with Crippen molar-refractivity contribution >= 4 is 41.2 Å². The molecule has 6 nitrogen and oxygen atoms in total. The number of benzene rings is 1. The van der Waals surface area contributed by atoms with Gasteiger partial charge in [-0.2, -0.15) is 0 Å². The second-order valence-corrected chi connectivity index (χ2v) is 6.44. The van der Waals surface area contributed by atoms with E-state index in [2.05, 4.69) is 4.98 Å². The average Bonchev–Trinajstić information content (AvgIpc) is 3.21. The maximum atomic E-state index is 13.9. The van der Waals surface area contributed by atoms with Gasteiger partial charge >= 0.3 is 0 Å². The van der Waals surface area contributed by atoms with E-state index in [9.17, 15) is 14.0 Å². The highest BCUT2D eigenvalue weighted by atomic mass is 35.5. The summed E-state index contributed by atoms with van der Waals surface area (Å²) in [7, 11) is 1.57. The number of nitrogens with two attached hydrogens (primary N) is 1. The van der Waals surface area contributed by atoms with Crippen LogP contribution in [0.25, 0.3) is 0 Å². The second kappa shape index (κ2) is 7.90. The van der Waals surface area contributed by atoms with Crippen LogP contribution in [0.15, 0.2) is 29.6 Å². The van der Waals surface area contributed by atoms with Crippen LogP contribution in [0.3, 0.4) is 0 Å². The van der Waals surface area contributed by atoms with Crippen molar-refractivity contribution in [2.24, 2.45) is 5.73 Å². The lowest BCUT2D eigenvalue weighted by Gasteiger charge is -2.23. The Kier molecular flexibility index (Phi) is 6.10. The van der Waals surface area contributed by atoms with Gasteiger partial charge in [0.2, 0.25) is 5.91 Å². The van der Waals surface area contributed by atoms with Crippen molar-refractivity contribution in [2.75, 3.05) is 18.5 Å². The maximum absolute atomic E-state index is 13.9. The van der Waals surface area contributed by atoms with Gasteiger partial charge in [-0.1, -0.05) is 12.1 Å². The number of thiazole rings is 1. The SMILES string of the molecule is CN(C(=O)c1csc(CN)n1)C1CCN(c2ccccc2F)C1=O.Cl. The smallest absolute Gasteiger partial charge is 0.273 e. The van der Waals surface area contributed by atoms with Gasteiger partial charge in [0.05, 0.1) is 5.69 Å². The van der Waals surface area contributed by atoms with Crippen LogP contribution in [0.5, 0.6) is 0 Å². The maximum Gasteiger partial charge on any atom is 0.273 e. The predicted molar refractivity (Wildman–Crippen MR) is 96.5 cm³/mol. The molecule has 2 N–H and O–H groups in total. The lowest BCUT2D eigenvalue weighted by Crippen LogP contribution is -2.43. The number of hydrogen-bond acceptors (Lipinski definition) is 5. The van der Waals surface area contributed by atoms with Gasteiger partial charge in [-0.05, 0) is 18.6 Å². The molecule has 1 aliphatic heterocycles. The van der Waals surface area contributed by atoms with Crippen molar-refractivity contribution in [3.8, 4) is 0 Å². The first-order valence-electron chi connectivity index (χ1n) is 7.50. The third kappa shape index (κ3) is 3.65. The molecule has 9 heteroatoms. The molecule has 0 bridgehead atoms. The van der Waals surface area contributed by atoms with Crippen LogP contribution < -0.4 is 10.6 Å². The molecule has 1 unspecified atom stereocenters. The highest BCUT2D eigenvalue weighted by Gasteiger charge is 2.38. The zero-order chi connectivity index (χ0) is 17.3. The van der Waals surface area contributed by atoms with Crippen LogP contribution in [-0.4, -0.2) is 41.3 Å². The largest absolute Gasteiger partial charge is 0.328 e. The number of carbonyl (C=O) groups excluding carboxylic acids is 2. The summed E-state index contributed by atoms with van der Waals surface area (Å²) in [6, 6.07) is 5.50. The Morgan fingerprint density at radius 2 is 2.20 bits per heavy atom. The molecular weight excluding hydrogens is 367 g/mol. The van der Waals surface area contributed by atoms with Gasteiger partial charge in [-0.3, -0.25) is 9.59 Å². The number of likely N-dealkylation sites (N-methyl/N-ethyl adjacent to an activating group) is 1. The summed E-state index contributed by atoms with van der Waals surface area (Å²) in [5, 5.41) is 2.30. The Morgan fingerprint density at radius 1 is 1.48 bits per heavy atom. The quantitative estimate of drug-likeness (QED) is 0.874. The molecule has 1 aliphatic rings. The van der Waals surface area contributed by atoms with Crippen LogP contribution in [0.2, 0.25) is 0 Å². The van der Waals surface area contributed by atoms with E-state index in [0.29, 0.717) is 18.0 Å². The van der Waals surface area contributed by atoms with Crippen molar-refractivity contribution in [3.63, 3.8) is 0 Å². The number of carbonyl (C=O) groups is 2. The van der Waals surface area contributed by atoms with Gasteiger partial charge < -0.3 is 15.5 Å². The normalized spacial score (nSPS) is 16.7. The minimum absolute atomic E-state index is 0. The van der Waals surface area contributed by atoms with E-state index in [4.69, 9.17) is 5.73 Å². The molecule has 0 radical (unpaired) electrons. The van der Waals surface area contributed by atoms with Gasteiger partial charge in [0.15, 0.2) is 0 Å². The van der Waals surface area contributed by atoms with E-state index in [-0.39, 0.29) is 42.1 Å². The monoisotopic (exact) mass is 384 g/mol. The number of halogens is 2. The number of nitrogens with zero attached hydrogens (tertiary/aromatic N) is 3. The number of aromatic nitrogens is 1. The summed E-state index contributed by atoms with van der Waals surface area (Å²) in [6.45, 7) is 0.637. The van der Waals surface area contributed by atoms with Gasteiger partial charge in [0.1, 0.15) is 22.6 Å². The molecule has 2 aromatic rings. The van der Waals surface area contributed by atoms with Crippen molar-refractivity contribution in [3.05, 3.63) is 46.2 Å². The molecule has 1 fully saturated rings. The van der Waals surface area contributed by atoms with Crippen molar-refractivity contribution in [1.82, 2.24) is 9.88 Å². The minimum Gasteiger partial charge on any atom is -0.328 e. The average molecular weight is 385 g/mol. The third-order valence-electron chi connectivity index (χ3n) is 4.05. The van der Waals surface area contributed by atoms with Gasteiger partial charge in [0.25, 0.3) is 5.91 Å². The summed E-state index contributed by atoms with van der Waals surface area (Å²) < 4.78 is 13.9. The van der Waals surface area contributed by atoms with E-state index in [1.807, 2.05) is 0 Å². The van der Waals surface area contributed by atoms with Gasteiger partial charge in [0, 0.05) is 25.5 Å². The molecule has 134 valence electrons. The molecule has 0 saturated carbocycles. The van der Waals surface area contributed by atoms with Crippen LogP contribution in [0.1, 0.15) is 21.9 Å². The van der Waals surface area contributed by atoms with E-state index in [0.717, 1.165) is 0 Å². The Balaban J connectivity index is 0.00000225. The number of para-hydroxylation sites is 1. The van der Waals surface area contributed by atoms with Crippen molar-refractivity contribution in [2.45, 2.75) is 19.0 Å². The Hall–Kier alpha value is -2.03. The Labute approximate surface area is 154 Å². The Bertz CT molecular complexity index is 785. The fourth-order valence-corrected chi connectivity index (χ4v) is 3.41. The van der Waals surface area contributed by atoms with E-state index >= 15 is 0 Å². The van der Waals surface area contributed by atoms with Gasteiger partial charge in [-0.15, -0.1) is 23.7 Å². The van der Waals surface area contributed by atoms with Crippen LogP contribution >= 0.6 is 23.7 Å². The third-order valence-corrected chi connectivity index (χ3v) is 4.92. The molecule has 0 aliphatic carbocycles. The molecule has 1 atom stereocenters. The highest BCUT2D eigenvalue weighted by Crippen LogP contribution is 2.27. The van der Waals surface area contributed by atoms with Crippen LogP contribution in [0.4, 0.5) is 10.1 Å². The minimum atomic E-state index is -0.625. The first kappa shape index (κ1) is 19.3. The standard InChI is InChI=1S/C16H17FN4O2S.ClH/c1-20(15(22)11-9-24-14(8-18)19-11)13-6-7-21(16(13)23)12-5-3-2-4-10(12)17;/h2-5,9,13H,6-8,18H2,1H3;1H. The zero-order valence-corrected chi connectivity index (χ0v) is 15.1.